The number of rotatable bonds is 3. The summed E-state index contributed by atoms with van der Waals surface area (Å²) in [6, 6.07) is 7.24. The molecule has 5 heteroatoms. The molecule has 0 aliphatic carbocycles. The lowest BCUT2D eigenvalue weighted by Gasteiger charge is -2.22. The minimum absolute atomic E-state index is 0.229. The summed E-state index contributed by atoms with van der Waals surface area (Å²) in [4.78, 5) is 5.74. The molecule has 0 bridgehead atoms. The van der Waals surface area contributed by atoms with Gasteiger partial charge in [-0.1, -0.05) is 0 Å². The normalized spacial score (nSPS) is 10.4. The predicted molar refractivity (Wildman–Crippen MR) is 71.0 cm³/mol. The summed E-state index contributed by atoms with van der Waals surface area (Å²) in [7, 11) is 0. The first-order chi connectivity index (χ1) is 8.61. The van der Waals surface area contributed by atoms with Crippen LogP contribution in [0.4, 0.5) is 20.3 Å². The molecular formula is C13H11BrF2N2. The SMILES string of the molecule is CCN(c1ccc(F)cc1)c1ncc(Br)cc1F. The predicted octanol–water partition coefficient (Wildman–Crippen LogP) is 4.28. The van der Waals surface area contributed by atoms with Crippen LogP contribution in [0.3, 0.4) is 0 Å². The smallest absolute Gasteiger partial charge is 0.169 e. The standard InChI is InChI=1S/C13H11BrF2N2/c1-2-18(11-5-3-10(15)4-6-11)13-12(16)7-9(14)8-17-13/h3-8H,2H2,1H3. The average molecular weight is 313 g/mol. The summed E-state index contributed by atoms with van der Waals surface area (Å²) >= 11 is 3.16. The van der Waals surface area contributed by atoms with Crippen molar-refractivity contribution in [1.29, 1.82) is 0 Å². The molecule has 18 heavy (non-hydrogen) atoms. The Balaban J connectivity index is 2.41. The van der Waals surface area contributed by atoms with Gasteiger partial charge < -0.3 is 4.90 Å². The van der Waals surface area contributed by atoms with Crippen molar-refractivity contribution in [3.05, 3.63) is 52.6 Å². The molecule has 2 rings (SSSR count). The highest BCUT2D eigenvalue weighted by Gasteiger charge is 2.14. The molecule has 0 N–H and O–H groups in total. The van der Waals surface area contributed by atoms with Crippen LogP contribution in [0.1, 0.15) is 6.92 Å². The van der Waals surface area contributed by atoms with Crippen LogP contribution in [0.2, 0.25) is 0 Å². The number of pyridine rings is 1. The minimum Gasteiger partial charge on any atom is -0.324 e. The van der Waals surface area contributed by atoms with Crippen molar-refractivity contribution in [2.75, 3.05) is 11.4 Å². The van der Waals surface area contributed by atoms with Crippen LogP contribution in [0.15, 0.2) is 41.0 Å². The Morgan fingerprint density at radius 3 is 2.44 bits per heavy atom. The molecule has 1 aromatic carbocycles. The van der Waals surface area contributed by atoms with Crippen molar-refractivity contribution in [3.63, 3.8) is 0 Å². The van der Waals surface area contributed by atoms with E-state index in [1.165, 1.54) is 24.4 Å². The van der Waals surface area contributed by atoms with Crippen molar-refractivity contribution in [1.82, 2.24) is 4.98 Å². The van der Waals surface area contributed by atoms with Crippen LogP contribution in [0.25, 0.3) is 0 Å². The maximum Gasteiger partial charge on any atom is 0.169 e. The topological polar surface area (TPSA) is 16.1 Å². The van der Waals surface area contributed by atoms with E-state index in [1.807, 2.05) is 6.92 Å². The number of hydrogen-bond acceptors (Lipinski definition) is 2. The van der Waals surface area contributed by atoms with Gasteiger partial charge in [-0.3, -0.25) is 0 Å². The first-order valence-electron chi connectivity index (χ1n) is 5.46. The van der Waals surface area contributed by atoms with E-state index in [9.17, 15) is 8.78 Å². The first-order valence-corrected chi connectivity index (χ1v) is 6.25. The fourth-order valence-corrected chi connectivity index (χ4v) is 1.98. The third-order valence-corrected chi connectivity index (χ3v) is 2.93. The number of aromatic nitrogens is 1. The van der Waals surface area contributed by atoms with E-state index in [0.717, 1.165) is 0 Å². The second-order valence-corrected chi connectivity index (χ2v) is 4.60. The highest BCUT2D eigenvalue weighted by Crippen LogP contribution is 2.27. The van der Waals surface area contributed by atoms with Gasteiger partial charge in [0.2, 0.25) is 0 Å². The number of anilines is 2. The summed E-state index contributed by atoms with van der Waals surface area (Å²) in [5.74, 6) is -0.512. The zero-order valence-electron chi connectivity index (χ0n) is 9.70. The molecule has 2 aromatic rings. The van der Waals surface area contributed by atoms with Gasteiger partial charge in [-0.05, 0) is 53.2 Å². The molecule has 1 heterocycles. The largest absolute Gasteiger partial charge is 0.324 e. The van der Waals surface area contributed by atoms with E-state index < -0.39 is 5.82 Å². The van der Waals surface area contributed by atoms with Crippen LogP contribution in [-0.2, 0) is 0 Å². The van der Waals surface area contributed by atoms with Crippen molar-refractivity contribution < 1.29 is 8.78 Å². The van der Waals surface area contributed by atoms with E-state index in [1.54, 1.807) is 17.0 Å². The summed E-state index contributed by atoms with van der Waals surface area (Å²) in [6.45, 7) is 2.42. The van der Waals surface area contributed by atoms with E-state index in [-0.39, 0.29) is 11.6 Å². The summed E-state index contributed by atoms with van der Waals surface area (Å²) < 4.78 is 27.3. The fourth-order valence-electron chi connectivity index (χ4n) is 1.68. The van der Waals surface area contributed by atoms with Gasteiger partial charge in [0.25, 0.3) is 0 Å². The van der Waals surface area contributed by atoms with E-state index in [2.05, 4.69) is 20.9 Å². The number of benzene rings is 1. The maximum absolute atomic E-state index is 13.8. The third-order valence-electron chi connectivity index (χ3n) is 2.50. The summed E-state index contributed by atoms with van der Waals surface area (Å²) in [5, 5.41) is 0. The molecule has 0 amide bonds. The molecule has 0 radical (unpaired) electrons. The lowest BCUT2D eigenvalue weighted by atomic mass is 10.2. The van der Waals surface area contributed by atoms with Crippen molar-refractivity contribution in [2.45, 2.75) is 6.92 Å². The second kappa shape index (κ2) is 5.44. The van der Waals surface area contributed by atoms with Gasteiger partial charge in [0.05, 0.1) is 0 Å². The molecule has 0 atom stereocenters. The van der Waals surface area contributed by atoms with Crippen molar-refractivity contribution in [2.24, 2.45) is 0 Å². The van der Waals surface area contributed by atoms with Crippen LogP contribution in [-0.4, -0.2) is 11.5 Å². The molecule has 0 fully saturated rings. The number of halogens is 3. The lowest BCUT2D eigenvalue weighted by Crippen LogP contribution is -2.18. The summed E-state index contributed by atoms with van der Waals surface area (Å²) in [5.41, 5.74) is 0.702. The minimum atomic E-state index is -0.421. The zero-order valence-corrected chi connectivity index (χ0v) is 11.3. The molecule has 0 aliphatic rings. The maximum atomic E-state index is 13.8. The van der Waals surface area contributed by atoms with Crippen molar-refractivity contribution in [3.8, 4) is 0 Å². The van der Waals surface area contributed by atoms with E-state index in [0.29, 0.717) is 16.7 Å². The Labute approximate surface area is 112 Å². The Bertz CT molecular complexity index is 543. The third kappa shape index (κ3) is 2.67. The Kier molecular flexibility index (Phi) is 3.91. The van der Waals surface area contributed by atoms with Gasteiger partial charge in [0, 0.05) is 22.9 Å². The molecule has 0 saturated carbocycles. The zero-order chi connectivity index (χ0) is 13.1. The molecule has 0 saturated heterocycles. The quantitative estimate of drug-likeness (QED) is 0.841. The van der Waals surface area contributed by atoms with Gasteiger partial charge in [-0.2, -0.15) is 0 Å². The second-order valence-electron chi connectivity index (χ2n) is 3.68. The monoisotopic (exact) mass is 312 g/mol. The number of hydrogen-bond donors (Lipinski definition) is 0. The molecule has 0 spiro atoms. The van der Waals surface area contributed by atoms with Crippen LogP contribution < -0.4 is 4.90 Å². The Morgan fingerprint density at radius 2 is 1.89 bits per heavy atom. The highest BCUT2D eigenvalue weighted by molar-refractivity contribution is 9.10. The lowest BCUT2D eigenvalue weighted by molar-refractivity contribution is 0.617. The van der Waals surface area contributed by atoms with E-state index in [4.69, 9.17) is 0 Å². The molecule has 1 aromatic heterocycles. The van der Waals surface area contributed by atoms with Gasteiger partial charge in [-0.15, -0.1) is 0 Å². The molecule has 2 nitrogen and oxygen atoms in total. The van der Waals surface area contributed by atoms with Gasteiger partial charge >= 0.3 is 0 Å². The van der Waals surface area contributed by atoms with Gasteiger partial charge in [0.15, 0.2) is 11.6 Å². The molecule has 94 valence electrons. The highest BCUT2D eigenvalue weighted by atomic mass is 79.9. The molecule has 0 aliphatic heterocycles. The molecule has 0 unspecified atom stereocenters. The van der Waals surface area contributed by atoms with E-state index >= 15 is 0 Å². The van der Waals surface area contributed by atoms with Crippen LogP contribution in [0.5, 0.6) is 0 Å². The van der Waals surface area contributed by atoms with Gasteiger partial charge in [-0.25, -0.2) is 13.8 Å². The Hall–Kier alpha value is -1.49. The van der Waals surface area contributed by atoms with Crippen LogP contribution in [0, 0.1) is 11.6 Å². The van der Waals surface area contributed by atoms with Gasteiger partial charge in [0.1, 0.15) is 5.82 Å². The fraction of sp³-hybridized carbons (Fsp3) is 0.154. The van der Waals surface area contributed by atoms with Crippen molar-refractivity contribution >= 4 is 27.4 Å². The van der Waals surface area contributed by atoms with Crippen LogP contribution >= 0.6 is 15.9 Å². The number of nitrogens with zero attached hydrogens (tertiary/aromatic N) is 2. The first kappa shape index (κ1) is 13.0. The summed E-state index contributed by atoms with van der Waals surface area (Å²) in [6.07, 6.45) is 1.53. The average Bonchev–Trinajstić information content (AvgIpc) is 2.35. The molecular weight excluding hydrogens is 302 g/mol. The Morgan fingerprint density at radius 1 is 1.22 bits per heavy atom.